The van der Waals surface area contributed by atoms with E-state index in [2.05, 4.69) is 15.2 Å². The number of aromatic nitrogens is 3. The fraction of sp³-hybridized carbons (Fsp3) is 0.263. The molecule has 28 heavy (non-hydrogen) atoms. The SMILES string of the molecule is CC(=O)c1c(C)[nH]c(C(=O)CSc2nnc(COc3ccc(Cl)cc3)o2)c1C. The van der Waals surface area contributed by atoms with Crippen molar-refractivity contribution in [3.05, 3.63) is 57.7 Å². The zero-order chi connectivity index (χ0) is 20.3. The van der Waals surface area contributed by atoms with Gasteiger partial charge in [-0.3, -0.25) is 9.59 Å². The minimum absolute atomic E-state index is 0.0693. The smallest absolute Gasteiger partial charge is 0.277 e. The van der Waals surface area contributed by atoms with E-state index in [1.807, 2.05) is 0 Å². The van der Waals surface area contributed by atoms with Gasteiger partial charge < -0.3 is 14.1 Å². The summed E-state index contributed by atoms with van der Waals surface area (Å²) < 4.78 is 11.0. The monoisotopic (exact) mass is 419 g/mol. The Morgan fingerprint density at radius 3 is 2.57 bits per heavy atom. The Kier molecular flexibility index (Phi) is 6.21. The van der Waals surface area contributed by atoms with Gasteiger partial charge in [0, 0.05) is 16.3 Å². The molecular formula is C19H18ClN3O4S. The number of hydrogen-bond acceptors (Lipinski definition) is 7. The molecule has 9 heteroatoms. The number of aromatic amines is 1. The lowest BCUT2D eigenvalue weighted by Crippen LogP contribution is -2.05. The largest absolute Gasteiger partial charge is 0.484 e. The van der Waals surface area contributed by atoms with Crippen LogP contribution < -0.4 is 4.74 Å². The van der Waals surface area contributed by atoms with Gasteiger partial charge in [0.1, 0.15) is 5.75 Å². The van der Waals surface area contributed by atoms with Crippen LogP contribution in [-0.2, 0) is 6.61 Å². The van der Waals surface area contributed by atoms with Crippen molar-refractivity contribution in [1.82, 2.24) is 15.2 Å². The molecule has 0 saturated heterocycles. The number of aryl methyl sites for hydroxylation is 1. The van der Waals surface area contributed by atoms with Gasteiger partial charge in [-0.1, -0.05) is 23.4 Å². The molecule has 3 rings (SSSR count). The maximum Gasteiger partial charge on any atom is 0.277 e. The molecule has 1 N–H and O–H groups in total. The van der Waals surface area contributed by atoms with E-state index in [1.165, 1.54) is 6.92 Å². The number of nitrogens with one attached hydrogen (secondary N) is 1. The molecule has 7 nitrogen and oxygen atoms in total. The van der Waals surface area contributed by atoms with Crippen LogP contribution in [0.2, 0.25) is 5.02 Å². The van der Waals surface area contributed by atoms with Gasteiger partial charge in [-0.25, -0.2) is 0 Å². The molecule has 0 saturated carbocycles. The summed E-state index contributed by atoms with van der Waals surface area (Å²) in [5.41, 5.74) is 2.35. The van der Waals surface area contributed by atoms with E-state index in [-0.39, 0.29) is 29.1 Å². The highest BCUT2D eigenvalue weighted by Gasteiger charge is 2.20. The van der Waals surface area contributed by atoms with Crippen molar-refractivity contribution in [1.29, 1.82) is 0 Å². The Bertz CT molecular complexity index is 1010. The number of carbonyl (C=O) groups excluding carboxylic acids is 2. The fourth-order valence-corrected chi connectivity index (χ4v) is 3.57. The number of rotatable bonds is 8. The maximum absolute atomic E-state index is 12.5. The molecule has 2 heterocycles. The third-order valence-corrected chi connectivity index (χ3v) is 5.09. The van der Waals surface area contributed by atoms with Gasteiger partial charge in [0.15, 0.2) is 18.2 Å². The second-order valence-corrected chi connectivity index (χ2v) is 7.46. The number of nitrogens with zero attached hydrogens (tertiary/aromatic N) is 2. The first kappa shape index (κ1) is 20.2. The molecular weight excluding hydrogens is 402 g/mol. The number of carbonyl (C=O) groups is 2. The maximum atomic E-state index is 12.5. The summed E-state index contributed by atoms with van der Waals surface area (Å²) in [6.07, 6.45) is 0. The molecule has 0 spiro atoms. The first-order chi connectivity index (χ1) is 13.3. The topological polar surface area (TPSA) is 98.1 Å². The van der Waals surface area contributed by atoms with Crippen molar-refractivity contribution in [3.8, 4) is 5.75 Å². The number of ketones is 2. The van der Waals surface area contributed by atoms with E-state index >= 15 is 0 Å². The zero-order valence-electron chi connectivity index (χ0n) is 15.5. The Labute approximate surface area is 170 Å². The van der Waals surface area contributed by atoms with Crippen molar-refractivity contribution < 1.29 is 18.7 Å². The van der Waals surface area contributed by atoms with E-state index in [9.17, 15) is 9.59 Å². The van der Waals surface area contributed by atoms with Gasteiger partial charge in [-0.2, -0.15) is 0 Å². The van der Waals surface area contributed by atoms with Crippen LogP contribution in [0.1, 0.15) is 44.9 Å². The molecule has 0 amide bonds. The number of thioether (sulfide) groups is 1. The van der Waals surface area contributed by atoms with Crippen molar-refractivity contribution in [2.75, 3.05) is 5.75 Å². The van der Waals surface area contributed by atoms with Crippen LogP contribution in [0, 0.1) is 13.8 Å². The minimum Gasteiger partial charge on any atom is -0.484 e. The van der Waals surface area contributed by atoms with Crippen LogP contribution in [0.5, 0.6) is 5.75 Å². The van der Waals surface area contributed by atoms with Gasteiger partial charge in [0.25, 0.3) is 11.1 Å². The third-order valence-electron chi connectivity index (χ3n) is 4.02. The van der Waals surface area contributed by atoms with Gasteiger partial charge in [-0.15, -0.1) is 10.2 Å². The molecule has 2 aromatic heterocycles. The highest BCUT2D eigenvalue weighted by molar-refractivity contribution is 7.99. The molecule has 146 valence electrons. The van der Waals surface area contributed by atoms with E-state index in [0.29, 0.717) is 39.2 Å². The predicted octanol–water partition coefficient (Wildman–Crippen LogP) is 4.42. The minimum atomic E-state index is -0.143. The van der Waals surface area contributed by atoms with Gasteiger partial charge >= 0.3 is 0 Å². The predicted molar refractivity (Wildman–Crippen MR) is 105 cm³/mol. The third kappa shape index (κ3) is 4.63. The number of halogens is 1. The lowest BCUT2D eigenvalue weighted by molar-refractivity contribution is 0.101. The highest BCUT2D eigenvalue weighted by Crippen LogP contribution is 2.23. The Morgan fingerprint density at radius 1 is 1.21 bits per heavy atom. The summed E-state index contributed by atoms with van der Waals surface area (Å²) in [6.45, 7) is 5.13. The number of hydrogen-bond donors (Lipinski definition) is 1. The lowest BCUT2D eigenvalue weighted by Gasteiger charge is -2.02. The summed E-state index contributed by atoms with van der Waals surface area (Å²) >= 11 is 6.96. The molecule has 0 bridgehead atoms. The molecule has 0 atom stereocenters. The summed E-state index contributed by atoms with van der Waals surface area (Å²) in [7, 11) is 0. The zero-order valence-corrected chi connectivity index (χ0v) is 17.1. The van der Waals surface area contributed by atoms with Crippen LogP contribution in [-0.4, -0.2) is 32.5 Å². The lowest BCUT2D eigenvalue weighted by atomic mass is 10.1. The van der Waals surface area contributed by atoms with Crippen LogP contribution in [0.3, 0.4) is 0 Å². The molecule has 0 unspecified atom stereocenters. The van der Waals surface area contributed by atoms with Crippen molar-refractivity contribution in [2.24, 2.45) is 0 Å². The quantitative estimate of drug-likeness (QED) is 0.426. The normalized spacial score (nSPS) is 10.9. The highest BCUT2D eigenvalue weighted by atomic mass is 35.5. The summed E-state index contributed by atoms with van der Waals surface area (Å²) in [4.78, 5) is 27.2. The first-order valence-corrected chi connectivity index (χ1v) is 9.78. The molecule has 0 aliphatic rings. The molecule has 0 aliphatic carbocycles. The van der Waals surface area contributed by atoms with Crippen molar-refractivity contribution in [3.63, 3.8) is 0 Å². The van der Waals surface area contributed by atoms with Gasteiger partial charge in [0.05, 0.1) is 11.4 Å². The first-order valence-electron chi connectivity index (χ1n) is 8.42. The van der Waals surface area contributed by atoms with Crippen LogP contribution >= 0.6 is 23.4 Å². The van der Waals surface area contributed by atoms with Crippen molar-refractivity contribution >= 4 is 34.9 Å². The Balaban J connectivity index is 1.57. The fourth-order valence-electron chi connectivity index (χ4n) is 2.79. The van der Waals surface area contributed by atoms with Crippen LogP contribution in [0.15, 0.2) is 33.9 Å². The summed E-state index contributed by atoms with van der Waals surface area (Å²) in [5.74, 6) is 0.828. The van der Waals surface area contributed by atoms with Crippen LogP contribution in [0.4, 0.5) is 0 Å². The Hall–Kier alpha value is -2.58. The molecule has 3 aromatic rings. The van der Waals surface area contributed by atoms with E-state index < -0.39 is 0 Å². The average Bonchev–Trinajstić information content (AvgIpc) is 3.23. The standard InChI is InChI=1S/C19H18ClN3O4S/c1-10-17(12(3)24)11(2)21-18(10)15(25)9-28-19-23-22-16(27-19)8-26-14-6-4-13(20)5-7-14/h4-7,21H,8-9H2,1-3H3. The van der Waals surface area contributed by atoms with E-state index in [1.54, 1.807) is 38.1 Å². The average molecular weight is 420 g/mol. The Morgan fingerprint density at radius 2 is 1.93 bits per heavy atom. The molecule has 0 radical (unpaired) electrons. The number of Topliss-reactive ketones (excluding diaryl/α,β-unsaturated/α-hetero) is 2. The second-order valence-electron chi connectivity index (χ2n) is 6.10. The number of H-pyrrole nitrogens is 1. The second kappa shape index (κ2) is 8.62. The van der Waals surface area contributed by atoms with Crippen molar-refractivity contribution in [2.45, 2.75) is 32.6 Å². The number of ether oxygens (including phenoxy) is 1. The molecule has 1 aromatic carbocycles. The molecule has 0 fully saturated rings. The van der Waals surface area contributed by atoms with Gasteiger partial charge in [-0.05, 0) is 50.6 Å². The van der Waals surface area contributed by atoms with E-state index in [0.717, 1.165) is 11.8 Å². The number of benzene rings is 1. The van der Waals surface area contributed by atoms with E-state index in [4.69, 9.17) is 20.8 Å². The summed E-state index contributed by atoms with van der Waals surface area (Å²) in [6, 6.07) is 6.92. The molecule has 0 aliphatic heterocycles. The van der Waals surface area contributed by atoms with Gasteiger partial charge in [0.2, 0.25) is 0 Å². The summed E-state index contributed by atoms with van der Waals surface area (Å²) in [5, 5.41) is 8.71. The van der Waals surface area contributed by atoms with Crippen LogP contribution in [0.25, 0.3) is 0 Å².